The highest BCUT2D eigenvalue weighted by Crippen LogP contribution is 2.16. The minimum atomic E-state index is -0.152. The van der Waals surface area contributed by atoms with Crippen LogP contribution >= 0.6 is 11.3 Å². The Kier molecular flexibility index (Phi) is 3.54. The third-order valence-corrected chi connectivity index (χ3v) is 4.16. The summed E-state index contributed by atoms with van der Waals surface area (Å²) in [5.41, 5.74) is 4.01. The van der Waals surface area contributed by atoms with Crippen molar-refractivity contribution >= 4 is 16.3 Å². The van der Waals surface area contributed by atoms with Gasteiger partial charge in [-0.05, 0) is 31.0 Å². The quantitative estimate of drug-likeness (QED) is 0.797. The maximum atomic E-state index is 13.2. The predicted octanol–water partition coefficient (Wildman–Crippen LogP) is 3.44. The molecule has 104 valence electrons. The number of hydrogen-bond donors (Lipinski definition) is 1. The molecule has 0 aliphatic heterocycles. The fraction of sp³-hybridized carbons (Fsp3) is 0.267. The van der Waals surface area contributed by atoms with E-state index in [1.807, 2.05) is 30.6 Å². The minimum Gasteiger partial charge on any atom is -0.307 e. The Bertz CT molecular complexity index is 745. The van der Waals surface area contributed by atoms with Crippen LogP contribution in [0.3, 0.4) is 0 Å². The monoisotopic (exact) mass is 289 g/mol. The lowest BCUT2D eigenvalue weighted by molar-refractivity contribution is 0.615. The lowest BCUT2D eigenvalue weighted by atomic mass is 10.1. The van der Waals surface area contributed by atoms with Gasteiger partial charge in [0.15, 0.2) is 4.96 Å². The Morgan fingerprint density at radius 2 is 2.15 bits per heavy atom. The number of aryl methyl sites for hydroxylation is 2. The van der Waals surface area contributed by atoms with E-state index in [0.717, 1.165) is 29.3 Å². The molecule has 0 saturated heterocycles. The number of nitrogens with zero attached hydrogens (tertiary/aromatic N) is 2. The molecule has 0 fully saturated rings. The first-order chi connectivity index (χ1) is 9.65. The molecule has 5 heteroatoms. The second-order valence-corrected chi connectivity index (χ2v) is 5.76. The van der Waals surface area contributed by atoms with Crippen molar-refractivity contribution in [2.24, 2.45) is 0 Å². The van der Waals surface area contributed by atoms with E-state index >= 15 is 0 Å². The van der Waals surface area contributed by atoms with Crippen LogP contribution in [0.15, 0.2) is 29.8 Å². The summed E-state index contributed by atoms with van der Waals surface area (Å²) in [6, 6.07) is 5.22. The molecule has 2 aromatic heterocycles. The molecular formula is C15H16FN3S. The number of fused-ring (bicyclic) bond motifs is 1. The van der Waals surface area contributed by atoms with Crippen molar-refractivity contribution < 1.29 is 4.39 Å². The van der Waals surface area contributed by atoms with E-state index in [0.29, 0.717) is 5.56 Å². The Balaban J connectivity index is 1.69. The van der Waals surface area contributed by atoms with Crippen LogP contribution in [0.25, 0.3) is 4.96 Å². The van der Waals surface area contributed by atoms with Gasteiger partial charge in [0.1, 0.15) is 5.82 Å². The molecule has 0 unspecified atom stereocenters. The number of aromatic nitrogens is 2. The van der Waals surface area contributed by atoms with Crippen LogP contribution < -0.4 is 5.32 Å². The molecule has 1 aromatic carbocycles. The Morgan fingerprint density at radius 1 is 1.30 bits per heavy atom. The molecule has 0 amide bonds. The molecule has 0 spiro atoms. The molecule has 3 rings (SSSR count). The Hall–Kier alpha value is -1.72. The van der Waals surface area contributed by atoms with E-state index in [2.05, 4.69) is 14.7 Å². The van der Waals surface area contributed by atoms with Gasteiger partial charge in [-0.2, -0.15) is 0 Å². The maximum absolute atomic E-state index is 13.2. The highest BCUT2D eigenvalue weighted by Gasteiger charge is 2.08. The normalized spacial score (nSPS) is 11.3. The van der Waals surface area contributed by atoms with Crippen molar-refractivity contribution in [2.75, 3.05) is 0 Å². The first-order valence-corrected chi connectivity index (χ1v) is 7.40. The largest absolute Gasteiger partial charge is 0.307 e. The van der Waals surface area contributed by atoms with Gasteiger partial charge in [0, 0.05) is 24.7 Å². The van der Waals surface area contributed by atoms with Crippen LogP contribution in [0, 0.1) is 19.7 Å². The third kappa shape index (κ3) is 2.46. The predicted molar refractivity (Wildman–Crippen MR) is 79.5 cm³/mol. The highest BCUT2D eigenvalue weighted by atomic mass is 32.1. The van der Waals surface area contributed by atoms with Crippen molar-refractivity contribution in [3.8, 4) is 0 Å². The average molecular weight is 289 g/mol. The number of hydrogen-bond acceptors (Lipinski definition) is 3. The summed E-state index contributed by atoms with van der Waals surface area (Å²) in [4.78, 5) is 5.54. The summed E-state index contributed by atoms with van der Waals surface area (Å²) >= 11 is 1.64. The number of benzene rings is 1. The van der Waals surface area contributed by atoms with Gasteiger partial charge in [-0.1, -0.05) is 12.1 Å². The summed E-state index contributed by atoms with van der Waals surface area (Å²) in [5.74, 6) is -0.152. The Morgan fingerprint density at radius 3 is 2.95 bits per heavy atom. The topological polar surface area (TPSA) is 29.3 Å². The van der Waals surface area contributed by atoms with Gasteiger partial charge in [-0.15, -0.1) is 11.3 Å². The number of nitrogens with one attached hydrogen (secondary N) is 1. The Labute approximate surface area is 121 Å². The van der Waals surface area contributed by atoms with Gasteiger partial charge in [0.25, 0.3) is 0 Å². The van der Waals surface area contributed by atoms with E-state index < -0.39 is 0 Å². The zero-order valence-corrected chi connectivity index (χ0v) is 12.3. The smallest absolute Gasteiger partial charge is 0.194 e. The lowest BCUT2D eigenvalue weighted by Gasteiger charge is -2.06. The van der Waals surface area contributed by atoms with Gasteiger partial charge in [0.2, 0.25) is 0 Å². The van der Waals surface area contributed by atoms with Crippen molar-refractivity contribution in [2.45, 2.75) is 26.9 Å². The molecule has 3 nitrogen and oxygen atoms in total. The van der Waals surface area contributed by atoms with Crippen molar-refractivity contribution in [3.05, 3.63) is 58.1 Å². The average Bonchev–Trinajstić information content (AvgIpc) is 2.96. The van der Waals surface area contributed by atoms with Gasteiger partial charge in [-0.3, -0.25) is 4.40 Å². The van der Waals surface area contributed by atoms with Crippen molar-refractivity contribution in [3.63, 3.8) is 0 Å². The van der Waals surface area contributed by atoms with Crippen LogP contribution in [-0.4, -0.2) is 9.38 Å². The van der Waals surface area contributed by atoms with Crippen LogP contribution in [0.2, 0.25) is 0 Å². The summed E-state index contributed by atoms with van der Waals surface area (Å²) in [6.45, 7) is 5.28. The molecule has 20 heavy (non-hydrogen) atoms. The molecule has 0 bridgehead atoms. The van der Waals surface area contributed by atoms with Crippen molar-refractivity contribution in [1.82, 2.24) is 14.7 Å². The van der Waals surface area contributed by atoms with E-state index in [1.165, 1.54) is 11.8 Å². The van der Waals surface area contributed by atoms with Crippen LogP contribution in [-0.2, 0) is 13.1 Å². The summed E-state index contributed by atoms with van der Waals surface area (Å²) in [5, 5.41) is 5.43. The standard InChI is InChI=1S/C15H16FN3S/c1-10-7-12(3-4-13(10)16)8-17-9-14-11(2)18-15-19(14)5-6-20-15/h3-7,17H,8-9H2,1-2H3. The molecule has 0 aliphatic carbocycles. The second kappa shape index (κ2) is 5.34. The molecule has 0 atom stereocenters. The minimum absolute atomic E-state index is 0.152. The van der Waals surface area contributed by atoms with Gasteiger partial charge >= 0.3 is 0 Å². The van der Waals surface area contributed by atoms with Gasteiger partial charge in [0.05, 0.1) is 11.4 Å². The second-order valence-electron chi connectivity index (χ2n) is 4.89. The van der Waals surface area contributed by atoms with E-state index in [9.17, 15) is 4.39 Å². The lowest BCUT2D eigenvalue weighted by Crippen LogP contribution is -2.14. The zero-order valence-electron chi connectivity index (χ0n) is 11.5. The first kappa shape index (κ1) is 13.3. The highest BCUT2D eigenvalue weighted by molar-refractivity contribution is 7.15. The third-order valence-electron chi connectivity index (χ3n) is 3.41. The zero-order chi connectivity index (χ0) is 14.1. The molecule has 0 aliphatic rings. The molecule has 1 N–H and O–H groups in total. The molecular weight excluding hydrogens is 273 g/mol. The SMILES string of the molecule is Cc1cc(CNCc2c(C)nc3sccn23)ccc1F. The number of imidazole rings is 1. The van der Waals surface area contributed by atoms with E-state index in [4.69, 9.17) is 0 Å². The van der Waals surface area contributed by atoms with Crippen LogP contribution in [0.4, 0.5) is 4.39 Å². The van der Waals surface area contributed by atoms with Gasteiger partial charge in [-0.25, -0.2) is 9.37 Å². The van der Waals surface area contributed by atoms with Crippen LogP contribution in [0.5, 0.6) is 0 Å². The van der Waals surface area contributed by atoms with Crippen LogP contribution in [0.1, 0.15) is 22.5 Å². The molecule has 0 radical (unpaired) electrons. The number of rotatable bonds is 4. The summed E-state index contributed by atoms with van der Waals surface area (Å²) in [6.07, 6.45) is 2.04. The molecule has 3 aromatic rings. The van der Waals surface area contributed by atoms with E-state index in [1.54, 1.807) is 18.3 Å². The number of halogens is 1. The fourth-order valence-electron chi connectivity index (χ4n) is 2.30. The number of thiazole rings is 1. The maximum Gasteiger partial charge on any atom is 0.194 e. The first-order valence-electron chi connectivity index (χ1n) is 6.52. The molecule has 2 heterocycles. The summed E-state index contributed by atoms with van der Waals surface area (Å²) < 4.78 is 15.3. The van der Waals surface area contributed by atoms with E-state index in [-0.39, 0.29) is 5.82 Å². The van der Waals surface area contributed by atoms with Crippen molar-refractivity contribution in [1.29, 1.82) is 0 Å². The molecule has 0 saturated carbocycles. The summed E-state index contributed by atoms with van der Waals surface area (Å²) in [7, 11) is 0. The van der Waals surface area contributed by atoms with Gasteiger partial charge < -0.3 is 5.32 Å². The fourth-order valence-corrected chi connectivity index (χ4v) is 3.07.